The molecule has 0 atom stereocenters. The zero-order chi connectivity index (χ0) is 14.7. The quantitative estimate of drug-likeness (QED) is 0.700. The van der Waals surface area contributed by atoms with Crippen LogP contribution in [0.5, 0.6) is 17.5 Å². The molecule has 0 spiro atoms. The molecule has 0 radical (unpaired) electrons. The van der Waals surface area contributed by atoms with Gasteiger partial charge in [-0.1, -0.05) is 6.92 Å². The predicted molar refractivity (Wildman–Crippen MR) is 82.8 cm³/mol. The van der Waals surface area contributed by atoms with Crippen LogP contribution in [0.15, 0.2) is 42.5 Å². The summed E-state index contributed by atoms with van der Waals surface area (Å²) in [7, 11) is 0. The van der Waals surface area contributed by atoms with Gasteiger partial charge in [-0.3, -0.25) is 0 Å². The van der Waals surface area contributed by atoms with Crippen LogP contribution < -0.4 is 15.2 Å². The van der Waals surface area contributed by atoms with E-state index in [4.69, 9.17) is 15.2 Å². The van der Waals surface area contributed by atoms with Crippen LogP contribution in [0.4, 0.5) is 5.69 Å². The molecule has 3 aromatic rings. The average molecular weight is 283 g/mol. The summed E-state index contributed by atoms with van der Waals surface area (Å²) in [6.07, 6.45) is 0.986. The highest BCUT2D eigenvalue weighted by atomic mass is 16.5. The van der Waals surface area contributed by atoms with Crippen LogP contribution in [0.25, 0.3) is 11.0 Å². The molecule has 3 rings (SSSR count). The second-order valence-corrected chi connectivity index (χ2v) is 4.74. The third kappa shape index (κ3) is 3.08. The van der Waals surface area contributed by atoms with E-state index in [2.05, 4.69) is 16.9 Å². The van der Waals surface area contributed by atoms with Gasteiger partial charge in [0.15, 0.2) is 0 Å². The number of aromatic nitrogens is 2. The van der Waals surface area contributed by atoms with Crippen molar-refractivity contribution >= 4 is 16.7 Å². The molecule has 0 amide bonds. The minimum absolute atomic E-state index is 0.442. The van der Waals surface area contributed by atoms with E-state index in [1.807, 2.05) is 42.5 Å². The summed E-state index contributed by atoms with van der Waals surface area (Å²) in [5.74, 6) is 1.53. The highest BCUT2D eigenvalue weighted by molar-refractivity contribution is 5.79. The Bertz CT molecular complexity index is 735. The molecule has 0 unspecified atom stereocenters. The number of nitrogen functional groups attached to an aromatic ring is 1. The maximum Gasteiger partial charge on any atom is 0.300 e. The minimum Gasteiger partial charge on any atom is -0.494 e. The third-order valence-corrected chi connectivity index (χ3v) is 3.00. The zero-order valence-corrected chi connectivity index (χ0v) is 11.8. The third-order valence-electron chi connectivity index (χ3n) is 3.00. The Morgan fingerprint density at radius 3 is 2.62 bits per heavy atom. The number of nitrogens with zero attached hydrogens (tertiary/aromatic N) is 1. The van der Waals surface area contributed by atoms with Crippen LogP contribution in [0.1, 0.15) is 13.3 Å². The topological polar surface area (TPSA) is 73.2 Å². The molecule has 5 nitrogen and oxygen atoms in total. The van der Waals surface area contributed by atoms with Crippen LogP contribution in [0.3, 0.4) is 0 Å². The van der Waals surface area contributed by atoms with E-state index in [-0.39, 0.29) is 0 Å². The van der Waals surface area contributed by atoms with Crippen LogP contribution >= 0.6 is 0 Å². The van der Waals surface area contributed by atoms with Gasteiger partial charge in [-0.15, -0.1) is 0 Å². The maximum absolute atomic E-state index is 5.74. The van der Waals surface area contributed by atoms with Crippen LogP contribution in [0.2, 0.25) is 0 Å². The molecule has 5 heteroatoms. The van der Waals surface area contributed by atoms with Crippen molar-refractivity contribution in [1.29, 1.82) is 0 Å². The molecular formula is C16H17N3O2. The Hall–Kier alpha value is -2.69. The SMILES string of the molecule is CCCOc1ccc(Oc2nc3ccc(N)cc3[nH]2)cc1. The second-order valence-electron chi connectivity index (χ2n) is 4.74. The number of fused-ring (bicyclic) bond motifs is 1. The number of rotatable bonds is 5. The highest BCUT2D eigenvalue weighted by Gasteiger charge is 2.05. The first kappa shape index (κ1) is 13.3. The lowest BCUT2D eigenvalue weighted by molar-refractivity contribution is 0.317. The molecule has 0 fully saturated rings. The van der Waals surface area contributed by atoms with E-state index in [0.717, 1.165) is 23.2 Å². The number of hydrogen-bond donors (Lipinski definition) is 2. The van der Waals surface area contributed by atoms with Crippen molar-refractivity contribution < 1.29 is 9.47 Å². The van der Waals surface area contributed by atoms with E-state index >= 15 is 0 Å². The summed E-state index contributed by atoms with van der Waals surface area (Å²) >= 11 is 0. The van der Waals surface area contributed by atoms with E-state index in [0.29, 0.717) is 24.1 Å². The fourth-order valence-electron chi connectivity index (χ4n) is 1.99. The molecule has 1 heterocycles. The number of ether oxygens (including phenoxy) is 2. The minimum atomic E-state index is 0.442. The lowest BCUT2D eigenvalue weighted by Crippen LogP contribution is -1.94. The van der Waals surface area contributed by atoms with Gasteiger partial charge in [0.05, 0.1) is 17.6 Å². The molecule has 1 aromatic heterocycles. The molecule has 3 N–H and O–H groups in total. The van der Waals surface area contributed by atoms with Gasteiger partial charge < -0.3 is 20.2 Å². The Balaban J connectivity index is 1.75. The average Bonchev–Trinajstić information content (AvgIpc) is 2.88. The summed E-state index contributed by atoms with van der Waals surface area (Å²) in [5, 5.41) is 0. The number of hydrogen-bond acceptors (Lipinski definition) is 4. The summed E-state index contributed by atoms with van der Waals surface area (Å²) < 4.78 is 11.2. The van der Waals surface area contributed by atoms with E-state index in [9.17, 15) is 0 Å². The van der Waals surface area contributed by atoms with Crippen molar-refractivity contribution in [2.45, 2.75) is 13.3 Å². The second kappa shape index (κ2) is 5.75. The van der Waals surface area contributed by atoms with Gasteiger partial charge in [-0.05, 0) is 48.9 Å². The molecule has 21 heavy (non-hydrogen) atoms. The number of nitrogens with two attached hydrogens (primary N) is 1. The molecule has 0 bridgehead atoms. The molecule has 108 valence electrons. The van der Waals surface area contributed by atoms with Gasteiger partial charge >= 0.3 is 0 Å². The molecule has 0 saturated carbocycles. The van der Waals surface area contributed by atoms with Gasteiger partial charge in [0, 0.05) is 5.69 Å². The number of aromatic amines is 1. The molecule has 0 aliphatic heterocycles. The van der Waals surface area contributed by atoms with Crippen molar-refractivity contribution in [3.63, 3.8) is 0 Å². The number of H-pyrrole nitrogens is 1. The van der Waals surface area contributed by atoms with Crippen molar-refractivity contribution in [1.82, 2.24) is 9.97 Å². The largest absolute Gasteiger partial charge is 0.494 e. The standard InChI is InChI=1S/C16H17N3O2/c1-2-9-20-12-4-6-13(7-5-12)21-16-18-14-8-3-11(17)10-15(14)19-16/h3-8,10H,2,9,17H2,1H3,(H,18,19). The smallest absolute Gasteiger partial charge is 0.300 e. The Morgan fingerprint density at radius 1 is 1.10 bits per heavy atom. The zero-order valence-electron chi connectivity index (χ0n) is 11.8. The number of benzene rings is 2. The van der Waals surface area contributed by atoms with Crippen LogP contribution in [-0.2, 0) is 0 Å². The van der Waals surface area contributed by atoms with Gasteiger partial charge in [-0.2, -0.15) is 4.98 Å². The number of imidazole rings is 1. The Kier molecular flexibility index (Phi) is 3.64. The fraction of sp³-hybridized carbons (Fsp3) is 0.188. The van der Waals surface area contributed by atoms with Gasteiger partial charge in [0.2, 0.25) is 0 Å². The van der Waals surface area contributed by atoms with Gasteiger partial charge in [-0.25, -0.2) is 0 Å². The van der Waals surface area contributed by atoms with E-state index in [1.54, 1.807) is 0 Å². The molecule has 0 saturated heterocycles. The number of nitrogens with one attached hydrogen (secondary N) is 1. The van der Waals surface area contributed by atoms with Crippen LogP contribution in [-0.4, -0.2) is 16.6 Å². The van der Waals surface area contributed by atoms with Gasteiger partial charge in [0.25, 0.3) is 6.01 Å². The fourth-order valence-corrected chi connectivity index (χ4v) is 1.99. The lowest BCUT2D eigenvalue weighted by Gasteiger charge is -2.05. The maximum atomic E-state index is 5.74. The van der Waals surface area contributed by atoms with Gasteiger partial charge in [0.1, 0.15) is 11.5 Å². The monoisotopic (exact) mass is 283 g/mol. The predicted octanol–water partition coefficient (Wildman–Crippen LogP) is 3.73. The van der Waals surface area contributed by atoms with Crippen LogP contribution in [0, 0.1) is 0 Å². The molecule has 0 aliphatic rings. The Labute approximate surface area is 122 Å². The van der Waals surface area contributed by atoms with E-state index < -0.39 is 0 Å². The van der Waals surface area contributed by atoms with Crippen molar-refractivity contribution in [2.24, 2.45) is 0 Å². The summed E-state index contributed by atoms with van der Waals surface area (Å²) in [5.41, 5.74) is 8.11. The summed E-state index contributed by atoms with van der Waals surface area (Å²) in [6.45, 7) is 2.79. The summed E-state index contributed by atoms with van der Waals surface area (Å²) in [6, 6.07) is 13.4. The normalized spacial score (nSPS) is 10.7. The Morgan fingerprint density at radius 2 is 1.86 bits per heavy atom. The first-order valence-electron chi connectivity index (χ1n) is 6.90. The van der Waals surface area contributed by atoms with Crippen molar-refractivity contribution in [2.75, 3.05) is 12.3 Å². The first-order chi connectivity index (χ1) is 10.2. The first-order valence-corrected chi connectivity index (χ1v) is 6.90. The molecular weight excluding hydrogens is 266 g/mol. The molecule has 0 aliphatic carbocycles. The van der Waals surface area contributed by atoms with E-state index in [1.165, 1.54) is 0 Å². The molecule has 2 aromatic carbocycles. The highest BCUT2D eigenvalue weighted by Crippen LogP contribution is 2.24. The van der Waals surface area contributed by atoms with Crippen molar-refractivity contribution in [3.8, 4) is 17.5 Å². The summed E-state index contributed by atoms with van der Waals surface area (Å²) in [4.78, 5) is 7.45. The lowest BCUT2D eigenvalue weighted by atomic mass is 10.3. The van der Waals surface area contributed by atoms with Crippen molar-refractivity contribution in [3.05, 3.63) is 42.5 Å². The number of anilines is 1.